The highest BCUT2D eigenvalue weighted by Crippen LogP contribution is 2.27. The van der Waals surface area contributed by atoms with E-state index in [1.165, 1.54) is 0 Å². The molecular weight excluding hydrogens is 238 g/mol. The summed E-state index contributed by atoms with van der Waals surface area (Å²) in [4.78, 5) is 4.43. The Bertz CT molecular complexity index is 540. The molecule has 19 heavy (non-hydrogen) atoms. The highest BCUT2D eigenvalue weighted by Gasteiger charge is 2.05. The molecule has 2 rings (SSSR count). The van der Waals surface area contributed by atoms with Crippen LogP contribution in [0.3, 0.4) is 0 Å². The molecule has 0 saturated heterocycles. The monoisotopic (exact) mass is 259 g/mol. The van der Waals surface area contributed by atoms with Gasteiger partial charge in [0.05, 0.1) is 18.3 Å². The lowest BCUT2D eigenvalue weighted by atomic mass is 10.1. The molecule has 0 fully saturated rings. The third-order valence-electron chi connectivity index (χ3n) is 3.07. The molecule has 1 aromatic carbocycles. The summed E-state index contributed by atoms with van der Waals surface area (Å²) >= 11 is 0. The van der Waals surface area contributed by atoms with Gasteiger partial charge in [0.25, 0.3) is 0 Å². The Kier molecular flexibility index (Phi) is 4.58. The minimum absolute atomic E-state index is 0.252. The van der Waals surface area contributed by atoms with Gasteiger partial charge in [0.15, 0.2) is 0 Å². The Morgan fingerprint density at radius 3 is 3.00 bits per heavy atom. The van der Waals surface area contributed by atoms with Crippen molar-refractivity contribution in [2.24, 2.45) is 5.73 Å². The number of ether oxygens (including phenoxy) is 1. The number of benzene rings is 1. The first-order valence-corrected chi connectivity index (χ1v) is 6.63. The molecular formula is C15H21N3O. The maximum absolute atomic E-state index is 5.75. The SMILES string of the molecule is COc1cc(NCCC[C@@H](C)N)c2ncccc2c1. The number of pyridine rings is 1. The highest BCUT2D eigenvalue weighted by molar-refractivity contribution is 5.91. The van der Waals surface area contributed by atoms with Crippen molar-refractivity contribution in [3.8, 4) is 5.75 Å². The summed E-state index contributed by atoms with van der Waals surface area (Å²) in [6.45, 7) is 2.92. The van der Waals surface area contributed by atoms with Gasteiger partial charge in [0, 0.05) is 30.2 Å². The Labute approximate surface area is 114 Å². The topological polar surface area (TPSA) is 60.2 Å². The third kappa shape index (κ3) is 3.58. The quantitative estimate of drug-likeness (QED) is 0.783. The molecule has 0 aliphatic rings. The number of fused-ring (bicyclic) bond motifs is 1. The Morgan fingerprint density at radius 1 is 1.42 bits per heavy atom. The van der Waals surface area contributed by atoms with Crippen molar-refractivity contribution in [2.45, 2.75) is 25.8 Å². The fraction of sp³-hybridized carbons (Fsp3) is 0.400. The summed E-state index contributed by atoms with van der Waals surface area (Å²) in [6.07, 6.45) is 3.87. The third-order valence-corrected chi connectivity index (χ3v) is 3.07. The van der Waals surface area contributed by atoms with Crippen LogP contribution in [0.1, 0.15) is 19.8 Å². The molecule has 1 aromatic heterocycles. The summed E-state index contributed by atoms with van der Waals surface area (Å²) in [6, 6.07) is 8.21. The number of nitrogens with zero attached hydrogens (tertiary/aromatic N) is 1. The second-order valence-electron chi connectivity index (χ2n) is 4.80. The zero-order valence-corrected chi connectivity index (χ0v) is 11.5. The summed E-state index contributed by atoms with van der Waals surface area (Å²) < 4.78 is 5.32. The highest BCUT2D eigenvalue weighted by atomic mass is 16.5. The number of anilines is 1. The molecule has 0 unspecified atom stereocenters. The van der Waals surface area contributed by atoms with Crippen LogP contribution >= 0.6 is 0 Å². The Morgan fingerprint density at radius 2 is 2.26 bits per heavy atom. The first-order chi connectivity index (χ1) is 9.20. The normalized spacial score (nSPS) is 12.4. The van der Waals surface area contributed by atoms with Crippen LogP contribution in [0.2, 0.25) is 0 Å². The molecule has 0 aliphatic heterocycles. The second kappa shape index (κ2) is 6.38. The van der Waals surface area contributed by atoms with Crippen LogP contribution in [0.25, 0.3) is 10.9 Å². The van der Waals surface area contributed by atoms with E-state index in [0.717, 1.165) is 41.7 Å². The van der Waals surface area contributed by atoms with Gasteiger partial charge in [-0.25, -0.2) is 0 Å². The van der Waals surface area contributed by atoms with E-state index < -0.39 is 0 Å². The smallest absolute Gasteiger partial charge is 0.121 e. The number of hydrogen-bond acceptors (Lipinski definition) is 4. The van der Waals surface area contributed by atoms with Gasteiger partial charge in [-0.1, -0.05) is 6.07 Å². The van der Waals surface area contributed by atoms with Crippen LogP contribution in [0.4, 0.5) is 5.69 Å². The molecule has 0 aliphatic carbocycles. The van der Waals surface area contributed by atoms with Gasteiger partial charge in [-0.15, -0.1) is 0 Å². The molecule has 4 heteroatoms. The van der Waals surface area contributed by atoms with Crippen LogP contribution in [0.5, 0.6) is 5.75 Å². The minimum Gasteiger partial charge on any atom is -0.497 e. The van der Waals surface area contributed by atoms with Gasteiger partial charge in [-0.2, -0.15) is 0 Å². The molecule has 4 nitrogen and oxygen atoms in total. The molecule has 1 atom stereocenters. The van der Waals surface area contributed by atoms with E-state index in [1.807, 2.05) is 37.4 Å². The van der Waals surface area contributed by atoms with E-state index >= 15 is 0 Å². The lowest BCUT2D eigenvalue weighted by molar-refractivity contribution is 0.415. The van der Waals surface area contributed by atoms with Crippen LogP contribution < -0.4 is 15.8 Å². The standard InChI is InChI=1S/C15H21N3O/c1-11(16)5-3-7-17-14-10-13(19-2)9-12-6-4-8-18-15(12)14/h4,6,8-11,17H,3,5,7,16H2,1-2H3/t11-/m1/s1. The number of rotatable bonds is 6. The lowest BCUT2D eigenvalue weighted by Crippen LogP contribution is -2.16. The predicted octanol–water partition coefficient (Wildman–Crippen LogP) is 2.78. The molecule has 1 heterocycles. The molecule has 0 saturated carbocycles. The van der Waals surface area contributed by atoms with E-state index in [2.05, 4.69) is 10.3 Å². The summed E-state index contributed by atoms with van der Waals surface area (Å²) in [7, 11) is 1.68. The maximum atomic E-state index is 5.75. The molecule has 102 valence electrons. The van der Waals surface area contributed by atoms with E-state index in [1.54, 1.807) is 7.11 Å². The summed E-state index contributed by atoms with van der Waals surface area (Å²) in [5, 5.41) is 4.50. The fourth-order valence-corrected chi connectivity index (χ4v) is 2.06. The van der Waals surface area contributed by atoms with E-state index in [0.29, 0.717) is 0 Å². The van der Waals surface area contributed by atoms with Crippen molar-refractivity contribution >= 4 is 16.6 Å². The van der Waals surface area contributed by atoms with Gasteiger partial charge in [-0.3, -0.25) is 4.98 Å². The Hall–Kier alpha value is -1.81. The average Bonchev–Trinajstić information content (AvgIpc) is 2.42. The summed E-state index contributed by atoms with van der Waals surface area (Å²) in [5.74, 6) is 0.843. The fourth-order valence-electron chi connectivity index (χ4n) is 2.06. The number of nitrogens with two attached hydrogens (primary N) is 1. The lowest BCUT2D eigenvalue weighted by Gasteiger charge is -2.12. The molecule has 0 radical (unpaired) electrons. The minimum atomic E-state index is 0.252. The first-order valence-electron chi connectivity index (χ1n) is 6.63. The van der Waals surface area contributed by atoms with Crippen LogP contribution in [-0.2, 0) is 0 Å². The maximum Gasteiger partial charge on any atom is 0.121 e. The van der Waals surface area contributed by atoms with Gasteiger partial charge in [-0.05, 0) is 31.9 Å². The number of methoxy groups -OCH3 is 1. The molecule has 0 spiro atoms. The summed E-state index contributed by atoms with van der Waals surface area (Å²) in [5.41, 5.74) is 7.74. The van der Waals surface area contributed by atoms with Crippen molar-refractivity contribution in [1.29, 1.82) is 0 Å². The number of hydrogen-bond donors (Lipinski definition) is 2. The zero-order chi connectivity index (χ0) is 13.7. The molecule has 2 aromatic rings. The zero-order valence-electron chi connectivity index (χ0n) is 11.5. The van der Waals surface area contributed by atoms with Gasteiger partial charge < -0.3 is 15.8 Å². The first kappa shape index (κ1) is 13.6. The van der Waals surface area contributed by atoms with Crippen molar-refractivity contribution in [1.82, 2.24) is 4.98 Å². The van der Waals surface area contributed by atoms with Crippen LogP contribution in [-0.4, -0.2) is 24.7 Å². The van der Waals surface area contributed by atoms with Gasteiger partial charge >= 0.3 is 0 Å². The van der Waals surface area contributed by atoms with E-state index in [9.17, 15) is 0 Å². The van der Waals surface area contributed by atoms with Gasteiger partial charge in [0.1, 0.15) is 5.75 Å². The molecule has 0 bridgehead atoms. The van der Waals surface area contributed by atoms with E-state index in [-0.39, 0.29) is 6.04 Å². The largest absolute Gasteiger partial charge is 0.497 e. The van der Waals surface area contributed by atoms with Crippen molar-refractivity contribution in [2.75, 3.05) is 19.0 Å². The average molecular weight is 259 g/mol. The molecule has 0 amide bonds. The van der Waals surface area contributed by atoms with E-state index in [4.69, 9.17) is 10.5 Å². The van der Waals surface area contributed by atoms with Crippen LogP contribution in [0.15, 0.2) is 30.5 Å². The van der Waals surface area contributed by atoms with Gasteiger partial charge in [0.2, 0.25) is 0 Å². The number of aromatic nitrogens is 1. The van der Waals surface area contributed by atoms with Crippen molar-refractivity contribution in [3.63, 3.8) is 0 Å². The van der Waals surface area contributed by atoms with Crippen LogP contribution in [0, 0.1) is 0 Å². The second-order valence-corrected chi connectivity index (χ2v) is 4.80. The number of nitrogens with one attached hydrogen (secondary N) is 1. The van der Waals surface area contributed by atoms with Crippen molar-refractivity contribution < 1.29 is 4.74 Å². The Balaban J connectivity index is 2.16. The van der Waals surface area contributed by atoms with Crippen molar-refractivity contribution in [3.05, 3.63) is 30.5 Å². The predicted molar refractivity (Wildman–Crippen MR) is 79.7 cm³/mol. The molecule has 3 N–H and O–H groups in total.